The van der Waals surface area contributed by atoms with Crippen LogP contribution >= 0.6 is 0 Å². The van der Waals surface area contributed by atoms with Crippen LogP contribution in [0.2, 0.25) is 0 Å². The highest BCUT2D eigenvalue weighted by Gasteiger charge is 2.47. The van der Waals surface area contributed by atoms with E-state index in [0.717, 1.165) is 41.5 Å². The summed E-state index contributed by atoms with van der Waals surface area (Å²) >= 11 is 0. The molecule has 0 radical (unpaired) electrons. The van der Waals surface area contributed by atoms with Crippen molar-refractivity contribution in [3.05, 3.63) is 71.4 Å². The standard InChI is InChI=1S/C26H29N3O3/c1-18-8-3-4-10-20(18)16-29-24(30)23-14-19-9-5-6-12-22(19)28(23)17-26(29,2)25(31)27-15-21-11-7-13-32-21/h3-6,8-10,12,14,21H,7,11,13,15-17H2,1-2H3,(H,27,31)/t21-,26-/m0/s1. The normalized spacial score (nSPS) is 22.9. The van der Waals surface area contributed by atoms with Crippen LogP contribution in [0.25, 0.3) is 10.9 Å². The Kier molecular flexibility index (Phi) is 5.25. The Morgan fingerprint density at radius 2 is 1.97 bits per heavy atom. The van der Waals surface area contributed by atoms with Gasteiger partial charge in [0.15, 0.2) is 0 Å². The number of fused-ring (bicyclic) bond motifs is 3. The summed E-state index contributed by atoms with van der Waals surface area (Å²) in [5.74, 6) is -0.260. The summed E-state index contributed by atoms with van der Waals surface area (Å²) in [6.45, 7) is 5.93. The molecule has 6 nitrogen and oxygen atoms in total. The van der Waals surface area contributed by atoms with Crippen molar-refractivity contribution >= 4 is 22.7 Å². The van der Waals surface area contributed by atoms with E-state index in [1.807, 2.05) is 73.0 Å². The number of rotatable bonds is 5. The Balaban J connectivity index is 1.53. The van der Waals surface area contributed by atoms with Crippen LogP contribution in [-0.4, -0.2) is 46.1 Å². The van der Waals surface area contributed by atoms with E-state index in [1.165, 1.54) is 0 Å². The third-order valence-corrected chi connectivity index (χ3v) is 6.93. The summed E-state index contributed by atoms with van der Waals surface area (Å²) in [5.41, 5.74) is 2.73. The molecule has 0 spiro atoms. The third-order valence-electron chi connectivity index (χ3n) is 6.93. The number of carbonyl (C=O) groups is 2. The molecule has 2 aliphatic heterocycles. The molecule has 3 heterocycles. The molecule has 0 bridgehead atoms. The van der Waals surface area contributed by atoms with Crippen LogP contribution in [0.4, 0.5) is 0 Å². The summed E-state index contributed by atoms with van der Waals surface area (Å²) in [6.07, 6.45) is 2.03. The maximum absolute atomic E-state index is 13.8. The van der Waals surface area contributed by atoms with Gasteiger partial charge >= 0.3 is 0 Å². The summed E-state index contributed by atoms with van der Waals surface area (Å²) < 4.78 is 7.68. The van der Waals surface area contributed by atoms with Gasteiger partial charge in [0.1, 0.15) is 11.2 Å². The summed E-state index contributed by atoms with van der Waals surface area (Å²) in [7, 11) is 0. The van der Waals surface area contributed by atoms with Crippen molar-refractivity contribution in [2.45, 2.75) is 51.4 Å². The second-order valence-electron chi connectivity index (χ2n) is 9.11. The number of nitrogens with one attached hydrogen (secondary N) is 1. The van der Waals surface area contributed by atoms with Crippen LogP contribution in [0.5, 0.6) is 0 Å². The van der Waals surface area contributed by atoms with Gasteiger partial charge in [0, 0.05) is 30.6 Å². The van der Waals surface area contributed by atoms with Gasteiger partial charge in [-0.2, -0.15) is 0 Å². The lowest BCUT2D eigenvalue weighted by Gasteiger charge is -2.44. The largest absolute Gasteiger partial charge is 0.376 e. The van der Waals surface area contributed by atoms with Crippen molar-refractivity contribution in [1.82, 2.24) is 14.8 Å². The van der Waals surface area contributed by atoms with Gasteiger partial charge in [-0.3, -0.25) is 9.59 Å². The quantitative estimate of drug-likeness (QED) is 0.671. The topological polar surface area (TPSA) is 63.6 Å². The minimum atomic E-state index is -1.02. The monoisotopic (exact) mass is 431 g/mol. The molecule has 2 atom stereocenters. The van der Waals surface area contributed by atoms with Crippen molar-refractivity contribution in [2.24, 2.45) is 0 Å². The van der Waals surface area contributed by atoms with Crippen molar-refractivity contribution < 1.29 is 14.3 Å². The first kappa shape index (κ1) is 20.8. The first-order chi connectivity index (χ1) is 15.5. The van der Waals surface area contributed by atoms with Crippen molar-refractivity contribution in [2.75, 3.05) is 13.2 Å². The molecular formula is C26H29N3O3. The van der Waals surface area contributed by atoms with Gasteiger partial charge in [0.25, 0.3) is 5.91 Å². The number of amides is 2. The maximum Gasteiger partial charge on any atom is 0.271 e. The number of benzene rings is 2. The van der Waals surface area contributed by atoms with Gasteiger partial charge < -0.3 is 19.5 Å². The molecule has 1 aromatic heterocycles. The van der Waals surface area contributed by atoms with E-state index in [4.69, 9.17) is 4.74 Å². The van der Waals surface area contributed by atoms with Crippen LogP contribution in [0.1, 0.15) is 41.4 Å². The van der Waals surface area contributed by atoms with Gasteiger partial charge in [-0.1, -0.05) is 42.5 Å². The first-order valence-corrected chi connectivity index (χ1v) is 11.3. The second-order valence-corrected chi connectivity index (χ2v) is 9.11. The van der Waals surface area contributed by atoms with E-state index < -0.39 is 5.54 Å². The predicted octanol–water partition coefficient (Wildman–Crippen LogP) is 3.66. The average Bonchev–Trinajstić information content (AvgIpc) is 3.44. The van der Waals surface area contributed by atoms with Gasteiger partial charge in [-0.05, 0) is 49.9 Å². The number of aromatic nitrogens is 1. The van der Waals surface area contributed by atoms with Crippen molar-refractivity contribution in [3.8, 4) is 0 Å². The highest BCUT2D eigenvalue weighted by Crippen LogP contribution is 2.34. The van der Waals surface area contributed by atoms with E-state index in [1.54, 1.807) is 4.90 Å². The summed E-state index contributed by atoms with van der Waals surface area (Å²) in [5, 5.41) is 4.10. The maximum atomic E-state index is 13.8. The van der Waals surface area contributed by atoms with E-state index in [9.17, 15) is 9.59 Å². The highest BCUT2D eigenvalue weighted by atomic mass is 16.5. The van der Waals surface area contributed by atoms with Crippen LogP contribution < -0.4 is 5.32 Å². The summed E-state index contributed by atoms with van der Waals surface area (Å²) in [4.78, 5) is 29.1. The molecule has 2 aliphatic rings. The first-order valence-electron chi connectivity index (χ1n) is 11.3. The molecule has 1 N–H and O–H groups in total. The third kappa shape index (κ3) is 3.48. The fraction of sp³-hybridized carbons (Fsp3) is 0.385. The number of ether oxygens (including phenoxy) is 1. The molecule has 0 aliphatic carbocycles. The Labute approximate surface area is 188 Å². The zero-order chi connectivity index (χ0) is 22.3. The minimum absolute atomic E-state index is 0.0506. The molecule has 5 rings (SSSR count). The molecule has 32 heavy (non-hydrogen) atoms. The van der Waals surface area contributed by atoms with Crippen molar-refractivity contribution in [1.29, 1.82) is 0 Å². The second kappa shape index (κ2) is 8.10. The molecule has 2 aromatic carbocycles. The molecule has 166 valence electrons. The number of nitrogens with zero attached hydrogens (tertiary/aromatic N) is 2. The zero-order valence-corrected chi connectivity index (χ0v) is 18.6. The Morgan fingerprint density at radius 3 is 2.75 bits per heavy atom. The zero-order valence-electron chi connectivity index (χ0n) is 18.6. The van der Waals surface area contributed by atoms with Crippen LogP contribution in [0.3, 0.4) is 0 Å². The molecule has 2 amide bonds. The van der Waals surface area contributed by atoms with Gasteiger partial charge in [0.05, 0.1) is 12.6 Å². The predicted molar refractivity (Wildman–Crippen MR) is 123 cm³/mol. The number of para-hydroxylation sites is 1. The van der Waals surface area contributed by atoms with Gasteiger partial charge in [0.2, 0.25) is 5.91 Å². The van der Waals surface area contributed by atoms with Gasteiger partial charge in [-0.15, -0.1) is 0 Å². The average molecular weight is 432 g/mol. The van der Waals surface area contributed by atoms with Crippen LogP contribution in [-0.2, 0) is 22.6 Å². The SMILES string of the molecule is Cc1ccccc1CN1C(=O)c2cc3ccccc3n2C[C@@]1(C)C(=O)NC[C@@H]1CCCO1. The molecule has 1 saturated heterocycles. The van der Waals surface area contributed by atoms with E-state index in [-0.39, 0.29) is 17.9 Å². The van der Waals surface area contributed by atoms with E-state index in [2.05, 4.69) is 5.32 Å². The molecule has 1 fully saturated rings. The van der Waals surface area contributed by atoms with Crippen LogP contribution in [0.15, 0.2) is 54.6 Å². The fourth-order valence-electron chi connectivity index (χ4n) is 4.91. The minimum Gasteiger partial charge on any atom is -0.376 e. The lowest BCUT2D eigenvalue weighted by molar-refractivity contribution is -0.133. The van der Waals surface area contributed by atoms with E-state index >= 15 is 0 Å². The number of aryl methyl sites for hydroxylation is 1. The lowest BCUT2D eigenvalue weighted by atomic mass is 9.93. The Morgan fingerprint density at radius 1 is 1.19 bits per heavy atom. The van der Waals surface area contributed by atoms with Crippen molar-refractivity contribution in [3.63, 3.8) is 0 Å². The molecular weight excluding hydrogens is 402 g/mol. The fourth-order valence-corrected chi connectivity index (χ4v) is 4.91. The number of hydrogen-bond donors (Lipinski definition) is 1. The highest BCUT2D eigenvalue weighted by molar-refractivity contribution is 6.03. The number of carbonyl (C=O) groups excluding carboxylic acids is 2. The van der Waals surface area contributed by atoms with E-state index in [0.29, 0.717) is 25.3 Å². The summed E-state index contributed by atoms with van der Waals surface area (Å²) in [6, 6.07) is 17.9. The smallest absolute Gasteiger partial charge is 0.271 e. The molecule has 6 heteroatoms. The Bertz CT molecular complexity index is 1180. The molecule has 0 saturated carbocycles. The molecule has 0 unspecified atom stereocenters. The molecule has 3 aromatic rings. The lowest BCUT2D eigenvalue weighted by Crippen LogP contribution is -2.64. The number of hydrogen-bond acceptors (Lipinski definition) is 3. The van der Waals surface area contributed by atoms with Crippen LogP contribution in [0, 0.1) is 6.92 Å². The van der Waals surface area contributed by atoms with Gasteiger partial charge in [-0.25, -0.2) is 0 Å². The Hall–Kier alpha value is -3.12.